The first-order valence-corrected chi connectivity index (χ1v) is 5.97. The molecule has 2 heteroatoms. The molecule has 0 bridgehead atoms. The van der Waals surface area contributed by atoms with Crippen LogP contribution in [0.5, 0.6) is 0 Å². The molecule has 2 nitrogen and oxygen atoms in total. The van der Waals surface area contributed by atoms with Crippen LogP contribution in [0, 0.1) is 0 Å². The second kappa shape index (κ2) is 4.49. The van der Waals surface area contributed by atoms with Crippen LogP contribution in [0.1, 0.15) is 11.1 Å². The quantitative estimate of drug-likeness (QED) is 0.669. The van der Waals surface area contributed by atoms with Gasteiger partial charge in [-0.2, -0.15) is 0 Å². The highest BCUT2D eigenvalue weighted by molar-refractivity contribution is 5.47. The van der Waals surface area contributed by atoms with E-state index in [0.717, 1.165) is 17.5 Å². The summed E-state index contributed by atoms with van der Waals surface area (Å²) in [6.07, 6.45) is 2.77. The lowest BCUT2D eigenvalue weighted by Crippen LogP contribution is -2.11. The SMILES string of the molecule is O=c1cccc2ccc(Cc3ccccc3)cn12. The minimum absolute atomic E-state index is 0.0161. The summed E-state index contributed by atoms with van der Waals surface area (Å²) in [5, 5.41) is 0. The van der Waals surface area contributed by atoms with E-state index in [4.69, 9.17) is 0 Å². The third-order valence-corrected chi connectivity index (χ3v) is 3.04. The zero-order chi connectivity index (χ0) is 12.4. The highest BCUT2D eigenvalue weighted by Crippen LogP contribution is 2.10. The van der Waals surface area contributed by atoms with Gasteiger partial charge in [0.15, 0.2) is 0 Å². The van der Waals surface area contributed by atoms with E-state index in [2.05, 4.69) is 18.2 Å². The number of hydrogen-bond acceptors (Lipinski definition) is 1. The summed E-state index contributed by atoms with van der Waals surface area (Å²) in [6.45, 7) is 0. The summed E-state index contributed by atoms with van der Waals surface area (Å²) >= 11 is 0. The fourth-order valence-corrected chi connectivity index (χ4v) is 2.13. The topological polar surface area (TPSA) is 21.5 Å². The second-order valence-electron chi connectivity index (χ2n) is 4.36. The van der Waals surface area contributed by atoms with Crippen LogP contribution in [0.25, 0.3) is 5.52 Å². The van der Waals surface area contributed by atoms with Crippen molar-refractivity contribution in [3.8, 4) is 0 Å². The van der Waals surface area contributed by atoms with Crippen molar-refractivity contribution in [3.63, 3.8) is 0 Å². The maximum Gasteiger partial charge on any atom is 0.255 e. The van der Waals surface area contributed by atoms with E-state index in [9.17, 15) is 4.79 Å². The molecule has 1 aromatic carbocycles. The Kier molecular flexibility index (Phi) is 2.69. The van der Waals surface area contributed by atoms with Gasteiger partial charge in [-0.25, -0.2) is 0 Å². The molecule has 18 heavy (non-hydrogen) atoms. The Morgan fingerprint density at radius 3 is 2.44 bits per heavy atom. The van der Waals surface area contributed by atoms with Crippen molar-refractivity contribution < 1.29 is 0 Å². The van der Waals surface area contributed by atoms with Gasteiger partial charge in [-0.3, -0.25) is 9.20 Å². The van der Waals surface area contributed by atoms with Gasteiger partial charge in [0.25, 0.3) is 5.56 Å². The number of rotatable bonds is 2. The average Bonchev–Trinajstić information content (AvgIpc) is 2.41. The molecule has 2 heterocycles. The third-order valence-electron chi connectivity index (χ3n) is 3.04. The van der Waals surface area contributed by atoms with Crippen LogP contribution in [0.2, 0.25) is 0 Å². The molecule has 0 aliphatic rings. The predicted octanol–water partition coefficient (Wildman–Crippen LogP) is 2.89. The van der Waals surface area contributed by atoms with Crippen molar-refractivity contribution in [2.24, 2.45) is 0 Å². The van der Waals surface area contributed by atoms with Gasteiger partial charge in [0.05, 0.1) is 0 Å². The van der Waals surface area contributed by atoms with Crippen molar-refractivity contribution in [1.29, 1.82) is 0 Å². The molecule has 0 saturated carbocycles. The van der Waals surface area contributed by atoms with E-state index >= 15 is 0 Å². The molecular formula is C16H13NO. The molecule has 0 unspecified atom stereocenters. The van der Waals surface area contributed by atoms with Gasteiger partial charge in [-0.1, -0.05) is 42.5 Å². The highest BCUT2D eigenvalue weighted by Gasteiger charge is 1.99. The first-order chi connectivity index (χ1) is 8.83. The normalized spacial score (nSPS) is 10.7. The smallest absolute Gasteiger partial charge is 0.255 e. The molecule has 0 radical (unpaired) electrons. The number of nitrogens with zero attached hydrogens (tertiary/aromatic N) is 1. The third kappa shape index (κ3) is 2.05. The van der Waals surface area contributed by atoms with E-state index in [0.29, 0.717) is 0 Å². The minimum Gasteiger partial charge on any atom is -0.284 e. The fourth-order valence-electron chi connectivity index (χ4n) is 2.13. The molecule has 0 fully saturated rings. The summed E-state index contributed by atoms with van der Waals surface area (Å²) < 4.78 is 1.69. The highest BCUT2D eigenvalue weighted by atomic mass is 16.1. The molecule has 0 N–H and O–H groups in total. The molecule has 0 spiro atoms. The van der Waals surface area contributed by atoms with Gasteiger partial charge in [-0.15, -0.1) is 0 Å². The monoisotopic (exact) mass is 235 g/mol. The van der Waals surface area contributed by atoms with Crippen molar-refractivity contribution in [2.45, 2.75) is 6.42 Å². The summed E-state index contributed by atoms with van der Waals surface area (Å²) in [7, 11) is 0. The predicted molar refractivity (Wildman–Crippen MR) is 72.9 cm³/mol. The zero-order valence-electron chi connectivity index (χ0n) is 9.91. The van der Waals surface area contributed by atoms with Crippen LogP contribution in [0.3, 0.4) is 0 Å². The number of hydrogen-bond donors (Lipinski definition) is 0. The van der Waals surface area contributed by atoms with E-state index < -0.39 is 0 Å². The Hall–Kier alpha value is -2.35. The molecule has 88 valence electrons. The lowest BCUT2D eigenvalue weighted by molar-refractivity contribution is 1.05. The maximum atomic E-state index is 11.7. The number of benzene rings is 1. The molecule has 3 rings (SSSR count). The zero-order valence-corrected chi connectivity index (χ0v) is 9.91. The summed E-state index contributed by atoms with van der Waals surface area (Å²) in [6, 6.07) is 19.6. The Balaban J connectivity index is 2.04. The fraction of sp³-hybridized carbons (Fsp3) is 0.0625. The first kappa shape index (κ1) is 10.8. The van der Waals surface area contributed by atoms with E-state index in [1.165, 1.54) is 5.56 Å². The summed E-state index contributed by atoms with van der Waals surface area (Å²) in [5.41, 5.74) is 3.34. The number of fused-ring (bicyclic) bond motifs is 1. The lowest BCUT2D eigenvalue weighted by atomic mass is 10.1. The largest absolute Gasteiger partial charge is 0.284 e. The van der Waals surface area contributed by atoms with Crippen LogP contribution in [-0.2, 0) is 6.42 Å². The van der Waals surface area contributed by atoms with Gasteiger partial charge >= 0.3 is 0 Å². The Labute approximate surface area is 105 Å². The summed E-state index contributed by atoms with van der Waals surface area (Å²) in [4.78, 5) is 11.7. The van der Waals surface area contributed by atoms with E-state index in [-0.39, 0.29) is 5.56 Å². The molecule has 2 aromatic heterocycles. The van der Waals surface area contributed by atoms with Gasteiger partial charge < -0.3 is 0 Å². The maximum absolute atomic E-state index is 11.7. The molecule has 0 saturated heterocycles. The average molecular weight is 235 g/mol. The van der Waals surface area contributed by atoms with Crippen LogP contribution in [0.4, 0.5) is 0 Å². The summed E-state index contributed by atoms with van der Waals surface area (Å²) in [5.74, 6) is 0. The van der Waals surface area contributed by atoms with E-state index in [1.54, 1.807) is 16.5 Å². The molecule has 0 atom stereocenters. The van der Waals surface area contributed by atoms with Gasteiger partial charge in [0.1, 0.15) is 0 Å². The molecule has 3 aromatic rings. The molecule has 0 aliphatic heterocycles. The second-order valence-corrected chi connectivity index (χ2v) is 4.36. The van der Waals surface area contributed by atoms with Crippen LogP contribution >= 0.6 is 0 Å². The van der Waals surface area contributed by atoms with E-state index in [1.807, 2.05) is 36.5 Å². The first-order valence-electron chi connectivity index (χ1n) is 5.97. The van der Waals surface area contributed by atoms with Crippen molar-refractivity contribution >= 4 is 5.52 Å². The molecular weight excluding hydrogens is 222 g/mol. The van der Waals surface area contributed by atoms with Crippen LogP contribution in [-0.4, -0.2) is 4.40 Å². The Bertz CT molecular complexity index is 729. The Morgan fingerprint density at radius 1 is 0.778 bits per heavy atom. The standard InChI is InChI=1S/C16H13NO/c18-16-8-4-7-15-10-9-14(12-17(15)16)11-13-5-2-1-3-6-13/h1-10,12H,11H2. The Morgan fingerprint density at radius 2 is 1.61 bits per heavy atom. The van der Waals surface area contributed by atoms with Crippen LogP contribution < -0.4 is 5.56 Å². The number of aromatic nitrogens is 1. The van der Waals surface area contributed by atoms with Gasteiger partial charge in [0, 0.05) is 17.8 Å². The van der Waals surface area contributed by atoms with Crippen molar-refractivity contribution in [1.82, 2.24) is 4.40 Å². The van der Waals surface area contributed by atoms with Gasteiger partial charge in [-0.05, 0) is 29.7 Å². The van der Waals surface area contributed by atoms with Crippen molar-refractivity contribution in [3.05, 3.63) is 88.3 Å². The molecule has 0 amide bonds. The number of pyridine rings is 2. The van der Waals surface area contributed by atoms with Crippen LogP contribution in [0.15, 0.2) is 71.7 Å². The minimum atomic E-state index is 0.0161. The molecule has 0 aliphatic carbocycles. The lowest BCUT2D eigenvalue weighted by Gasteiger charge is -2.05. The van der Waals surface area contributed by atoms with Gasteiger partial charge in [0.2, 0.25) is 0 Å². The van der Waals surface area contributed by atoms with Crippen molar-refractivity contribution in [2.75, 3.05) is 0 Å².